The van der Waals surface area contributed by atoms with Gasteiger partial charge in [-0.1, -0.05) is 12.1 Å². The molecule has 0 unspecified atom stereocenters. The van der Waals surface area contributed by atoms with Gasteiger partial charge in [-0.3, -0.25) is 4.79 Å². The van der Waals surface area contributed by atoms with E-state index < -0.39 is 11.6 Å². The molecule has 1 aromatic carbocycles. The van der Waals surface area contributed by atoms with Crippen LogP contribution in [0.25, 0.3) is 0 Å². The molecule has 3 nitrogen and oxygen atoms in total. The lowest BCUT2D eigenvalue weighted by Crippen LogP contribution is -2.40. The Kier molecular flexibility index (Phi) is 5.67. The average Bonchev–Trinajstić information content (AvgIpc) is 2.49. The lowest BCUT2D eigenvalue weighted by molar-refractivity contribution is -0.132. The maximum absolute atomic E-state index is 13.5. The maximum Gasteiger partial charge on any atom is 0.222 e. The normalized spacial score (nSPS) is 16.2. The fourth-order valence-corrected chi connectivity index (χ4v) is 2.82. The molecule has 116 valence electrons. The molecule has 0 aliphatic carbocycles. The Morgan fingerprint density at radius 1 is 1.33 bits per heavy atom. The second-order valence-electron chi connectivity index (χ2n) is 5.59. The Morgan fingerprint density at radius 2 is 2.05 bits per heavy atom. The molecule has 1 saturated heterocycles. The fraction of sp³-hybridized carbons (Fsp3) is 0.562. The van der Waals surface area contributed by atoms with Crippen LogP contribution < -0.4 is 5.32 Å². The number of carbonyl (C=O) groups is 1. The van der Waals surface area contributed by atoms with Crippen LogP contribution in [0.4, 0.5) is 8.78 Å². The number of halogens is 2. The van der Waals surface area contributed by atoms with Crippen molar-refractivity contribution in [3.8, 4) is 0 Å². The van der Waals surface area contributed by atoms with Crippen LogP contribution in [0.5, 0.6) is 0 Å². The van der Waals surface area contributed by atoms with Crippen LogP contribution >= 0.6 is 0 Å². The molecule has 0 atom stereocenters. The quantitative estimate of drug-likeness (QED) is 0.904. The molecule has 21 heavy (non-hydrogen) atoms. The standard InChI is InChI=1S/C16H22F2N2O/c1-19-11-12-7-9-20(10-8-12)15(21)6-5-13-3-2-4-14(17)16(13)18/h2-4,12,19H,5-11H2,1H3. The SMILES string of the molecule is CNCC1CCN(C(=O)CCc2cccc(F)c2F)CC1. The molecule has 0 radical (unpaired) electrons. The van der Waals surface area contributed by atoms with Crippen molar-refractivity contribution in [3.63, 3.8) is 0 Å². The van der Waals surface area contributed by atoms with Crippen LogP contribution in [-0.2, 0) is 11.2 Å². The molecule has 1 fully saturated rings. The van der Waals surface area contributed by atoms with E-state index in [1.165, 1.54) is 12.1 Å². The molecule has 1 amide bonds. The first-order valence-electron chi connectivity index (χ1n) is 7.47. The van der Waals surface area contributed by atoms with Crippen molar-refractivity contribution < 1.29 is 13.6 Å². The molecule has 1 aromatic rings. The van der Waals surface area contributed by atoms with E-state index in [9.17, 15) is 13.6 Å². The smallest absolute Gasteiger partial charge is 0.222 e. The fourth-order valence-electron chi connectivity index (χ4n) is 2.82. The third-order valence-corrected chi connectivity index (χ3v) is 4.10. The minimum atomic E-state index is -0.854. The summed E-state index contributed by atoms with van der Waals surface area (Å²) >= 11 is 0. The Bertz CT molecular complexity index is 485. The van der Waals surface area contributed by atoms with Gasteiger partial charge in [-0.05, 0) is 50.4 Å². The predicted octanol–water partition coefficient (Wildman–Crippen LogP) is 2.36. The molecule has 1 aliphatic heterocycles. The Hall–Kier alpha value is -1.49. The van der Waals surface area contributed by atoms with Gasteiger partial charge in [0.2, 0.25) is 5.91 Å². The van der Waals surface area contributed by atoms with Gasteiger partial charge in [-0.2, -0.15) is 0 Å². The van der Waals surface area contributed by atoms with Crippen LogP contribution in [0.2, 0.25) is 0 Å². The highest BCUT2D eigenvalue weighted by Gasteiger charge is 2.22. The number of benzene rings is 1. The topological polar surface area (TPSA) is 32.3 Å². The van der Waals surface area contributed by atoms with Gasteiger partial charge in [0.05, 0.1) is 0 Å². The second-order valence-corrected chi connectivity index (χ2v) is 5.59. The zero-order chi connectivity index (χ0) is 15.2. The number of nitrogens with zero attached hydrogens (tertiary/aromatic N) is 1. The van der Waals surface area contributed by atoms with Gasteiger partial charge in [0, 0.05) is 19.5 Å². The first kappa shape index (κ1) is 15.9. The average molecular weight is 296 g/mol. The Balaban J connectivity index is 1.81. The van der Waals surface area contributed by atoms with Gasteiger partial charge in [-0.15, -0.1) is 0 Å². The second kappa shape index (κ2) is 7.50. The molecule has 0 saturated carbocycles. The number of aryl methyl sites for hydroxylation is 1. The van der Waals surface area contributed by atoms with Gasteiger partial charge < -0.3 is 10.2 Å². The van der Waals surface area contributed by atoms with E-state index >= 15 is 0 Å². The van der Waals surface area contributed by atoms with Crippen LogP contribution in [-0.4, -0.2) is 37.5 Å². The lowest BCUT2D eigenvalue weighted by atomic mass is 9.96. The molecule has 5 heteroatoms. The Morgan fingerprint density at radius 3 is 2.71 bits per heavy atom. The van der Waals surface area contributed by atoms with Gasteiger partial charge >= 0.3 is 0 Å². The maximum atomic E-state index is 13.5. The van der Waals surface area contributed by atoms with Gasteiger partial charge in [-0.25, -0.2) is 8.78 Å². The summed E-state index contributed by atoms with van der Waals surface area (Å²) < 4.78 is 26.6. The summed E-state index contributed by atoms with van der Waals surface area (Å²) in [5.74, 6) is -1.04. The molecular weight excluding hydrogens is 274 g/mol. The highest BCUT2D eigenvalue weighted by atomic mass is 19.2. The van der Waals surface area contributed by atoms with Gasteiger partial charge in [0.15, 0.2) is 11.6 Å². The summed E-state index contributed by atoms with van der Waals surface area (Å²) in [4.78, 5) is 14.0. The van der Waals surface area contributed by atoms with Crippen molar-refractivity contribution in [1.82, 2.24) is 10.2 Å². The van der Waals surface area contributed by atoms with E-state index in [1.807, 2.05) is 11.9 Å². The molecular formula is C16H22F2N2O. The summed E-state index contributed by atoms with van der Waals surface area (Å²) in [6, 6.07) is 4.10. The van der Waals surface area contributed by atoms with E-state index in [4.69, 9.17) is 0 Å². The summed E-state index contributed by atoms with van der Waals surface area (Å²) in [5.41, 5.74) is 0.272. The van der Waals surface area contributed by atoms with Crippen molar-refractivity contribution in [2.24, 2.45) is 5.92 Å². The van der Waals surface area contributed by atoms with Crippen molar-refractivity contribution in [3.05, 3.63) is 35.4 Å². The van der Waals surface area contributed by atoms with E-state index in [0.717, 1.165) is 38.5 Å². The largest absolute Gasteiger partial charge is 0.343 e. The number of rotatable bonds is 5. The third-order valence-electron chi connectivity index (χ3n) is 4.10. The van der Waals surface area contributed by atoms with E-state index in [1.54, 1.807) is 0 Å². The van der Waals surface area contributed by atoms with Crippen LogP contribution in [0.15, 0.2) is 18.2 Å². The third kappa shape index (κ3) is 4.24. The lowest BCUT2D eigenvalue weighted by Gasteiger charge is -2.32. The van der Waals surface area contributed by atoms with E-state index in [-0.39, 0.29) is 24.3 Å². The molecule has 2 rings (SSSR count). The zero-order valence-electron chi connectivity index (χ0n) is 12.4. The molecule has 0 aromatic heterocycles. The van der Waals surface area contributed by atoms with Crippen molar-refractivity contribution in [2.75, 3.05) is 26.7 Å². The number of amides is 1. The van der Waals surface area contributed by atoms with Crippen LogP contribution in [0.1, 0.15) is 24.8 Å². The number of likely N-dealkylation sites (tertiary alicyclic amines) is 1. The highest BCUT2D eigenvalue weighted by Crippen LogP contribution is 2.18. The first-order valence-corrected chi connectivity index (χ1v) is 7.47. The van der Waals surface area contributed by atoms with Crippen molar-refractivity contribution in [2.45, 2.75) is 25.7 Å². The number of piperidine rings is 1. The summed E-state index contributed by atoms with van der Waals surface area (Å²) in [7, 11) is 1.94. The summed E-state index contributed by atoms with van der Waals surface area (Å²) in [5, 5.41) is 3.16. The van der Waals surface area contributed by atoms with E-state index in [2.05, 4.69) is 5.32 Å². The number of hydrogen-bond acceptors (Lipinski definition) is 2. The number of hydrogen-bond donors (Lipinski definition) is 1. The number of nitrogens with one attached hydrogen (secondary N) is 1. The van der Waals surface area contributed by atoms with Crippen molar-refractivity contribution >= 4 is 5.91 Å². The minimum absolute atomic E-state index is 0.0292. The monoisotopic (exact) mass is 296 g/mol. The first-order chi connectivity index (χ1) is 10.1. The van der Waals surface area contributed by atoms with E-state index in [0.29, 0.717) is 5.92 Å². The molecule has 0 spiro atoms. The zero-order valence-corrected chi connectivity index (χ0v) is 12.4. The van der Waals surface area contributed by atoms with Gasteiger partial charge in [0.1, 0.15) is 0 Å². The summed E-state index contributed by atoms with van der Waals surface area (Å²) in [6.45, 7) is 2.50. The number of carbonyl (C=O) groups excluding carboxylic acids is 1. The Labute approximate surface area is 124 Å². The molecule has 1 N–H and O–H groups in total. The minimum Gasteiger partial charge on any atom is -0.343 e. The molecule has 1 heterocycles. The molecule has 0 bridgehead atoms. The van der Waals surface area contributed by atoms with Crippen molar-refractivity contribution in [1.29, 1.82) is 0 Å². The predicted molar refractivity (Wildman–Crippen MR) is 77.9 cm³/mol. The van der Waals surface area contributed by atoms with Crippen LogP contribution in [0, 0.1) is 17.6 Å². The van der Waals surface area contributed by atoms with Gasteiger partial charge in [0.25, 0.3) is 0 Å². The van der Waals surface area contributed by atoms with Crippen LogP contribution in [0.3, 0.4) is 0 Å². The summed E-state index contributed by atoms with van der Waals surface area (Å²) in [6.07, 6.45) is 2.48. The highest BCUT2D eigenvalue weighted by molar-refractivity contribution is 5.76. The molecule has 1 aliphatic rings.